The molecule has 1 aliphatic heterocycles. The lowest BCUT2D eigenvalue weighted by Gasteiger charge is -2.23. The molecule has 1 aliphatic rings. The SMILES string of the molecule is CC(C)CC(NC(=O)COc1ccccc1Cl)C(=O)NC1CCOC1O. The summed E-state index contributed by atoms with van der Waals surface area (Å²) in [4.78, 5) is 24.7. The van der Waals surface area contributed by atoms with Crippen LogP contribution in [-0.2, 0) is 14.3 Å². The second-order valence-electron chi connectivity index (χ2n) is 6.63. The van der Waals surface area contributed by atoms with E-state index in [-0.39, 0.29) is 18.4 Å². The molecule has 0 spiro atoms. The quantitative estimate of drug-likeness (QED) is 0.630. The van der Waals surface area contributed by atoms with Gasteiger partial charge in [0.1, 0.15) is 11.8 Å². The van der Waals surface area contributed by atoms with Crippen LogP contribution in [0, 0.1) is 5.92 Å². The number of benzene rings is 1. The highest BCUT2D eigenvalue weighted by atomic mass is 35.5. The number of para-hydroxylation sites is 1. The number of hydrogen-bond acceptors (Lipinski definition) is 5. The zero-order valence-electron chi connectivity index (χ0n) is 14.9. The number of carbonyl (C=O) groups excluding carboxylic acids is 2. The summed E-state index contributed by atoms with van der Waals surface area (Å²) in [6.45, 7) is 4.06. The first-order valence-electron chi connectivity index (χ1n) is 8.63. The minimum Gasteiger partial charge on any atom is -0.482 e. The summed E-state index contributed by atoms with van der Waals surface area (Å²) >= 11 is 5.99. The normalized spacial score (nSPS) is 20.7. The molecule has 0 aliphatic carbocycles. The van der Waals surface area contributed by atoms with Crippen LogP contribution in [0.1, 0.15) is 26.7 Å². The standard InChI is InChI=1S/C18H25ClN2O5/c1-11(2)9-14(17(23)21-13-7-8-25-18(13)24)20-16(22)10-26-15-6-4-3-5-12(15)19/h3-6,11,13-14,18,24H,7-10H2,1-2H3,(H,20,22)(H,21,23). The minimum absolute atomic E-state index is 0.195. The summed E-state index contributed by atoms with van der Waals surface area (Å²) in [7, 11) is 0. The van der Waals surface area contributed by atoms with Crippen molar-refractivity contribution in [2.24, 2.45) is 5.92 Å². The lowest BCUT2D eigenvalue weighted by atomic mass is 10.0. The van der Waals surface area contributed by atoms with Gasteiger partial charge in [0.15, 0.2) is 12.9 Å². The van der Waals surface area contributed by atoms with Crippen LogP contribution in [0.2, 0.25) is 5.02 Å². The third kappa shape index (κ3) is 6.16. The molecule has 3 unspecified atom stereocenters. The number of aliphatic hydroxyl groups is 1. The van der Waals surface area contributed by atoms with E-state index in [1.165, 1.54) is 0 Å². The topological polar surface area (TPSA) is 96.9 Å². The van der Waals surface area contributed by atoms with Crippen molar-refractivity contribution in [3.8, 4) is 5.75 Å². The van der Waals surface area contributed by atoms with Crippen molar-refractivity contribution in [1.29, 1.82) is 0 Å². The number of nitrogens with one attached hydrogen (secondary N) is 2. The zero-order valence-corrected chi connectivity index (χ0v) is 15.7. The predicted molar refractivity (Wildman–Crippen MR) is 96.8 cm³/mol. The summed E-state index contributed by atoms with van der Waals surface area (Å²) in [5.41, 5.74) is 0. The summed E-state index contributed by atoms with van der Waals surface area (Å²) in [5, 5.41) is 15.5. The number of amides is 2. The number of rotatable bonds is 8. The van der Waals surface area contributed by atoms with Crippen molar-refractivity contribution in [3.63, 3.8) is 0 Å². The summed E-state index contributed by atoms with van der Waals surface area (Å²) in [6, 6.07) is 5.66. The van der Waals surface area contributed by atoms with Gasteiger partial charge in [-0.1, -0.05) is 37.6 Å². The number of halogens is 1. The largest absolute Gasteiger partial charge is 0.482 e. The predicted octanol–water partition coefficient (Wildman–Crippen LogP) is 1.47. The number of hydrogen-bond donors (Lipinski definition) is 3. The fourth-order valence-corrected chi connectivity index (χ4v) is 2.84. The highest BCUT2D eigenvalue weighted by Gasteiger charge is 2.31. The molecule has 2 rings (SSSR count). The van der Waals surface area contributed by atoms with Gasteiger partial charge in [-0.2, -0.15) is 0 Å². The van der Waals surface area contributed by atoms with Crippen molar-refractivity contribution in [3.05, 3.63) is 29.3 Å². The Hall–Kier alpha value is -1.83. The Morgan fingerprint density at radius 3 is 2.73 bits per heavy atom. The van der Waals surface area contributed by atoms with Gasteiger partial charge in [-0.3, -0.25) is 9.59 Å². The van der Waals surface area contributed by atoms with Gasteiger partial charge < -0.3 is 25.2 Å². The molecular formula is C18H25ClN2O5. The molecule has 0 aromatic heterocycles. The van der Waals surface area contributed by atoms with Crippen LogP contribution in [0.4, 0.5) is 0 Å². The first-order valence-corrected chi connectivity index (χ1v) is 9.01. The maximum Gasteiger partial charge on any atom is 0.258 e. The maximum absolute atomic E-state index is 12.5. The van der Waals surface area contributed by atoms with Gasteiger partial charge in [0.05, 0.1) is 17.7 Å². The molecule has 0 saturated carbocycles. The van der Waals surface area contributed by atoms with E-state index >= 15 is 0 Å². The van der Waals surface area contributed by atoms with Gasteiger partial charge in [-0.25, -0.2) is 0 Å². The molecule has 3 atom stereocenters. The fraction of sp³-hybridized carbons (Fsp3) is 0.556. The minimum atomic E-state index is -1.02. The lowest BCUT2D eigenvalue weighted by Crippen LogP contribution is -2.52. The number of ether oxygens (including phenoxy) is 2. The highest BCUT2D eigenvalue weighted by molar-refractivity contribution is 6.32. The van der Waals surface area contributed by atoms with E-state index in [2.05, 4.69) is 10.6 Å². The molecule has 1 aromatic carbocycles. The van der Waals surface area contributed by atoms with Crippen LogP contribution in [-0.4, -0.2) is 48.5 Å². The molecule has 0 bridgehead atoms. The first kappa shape index (κ1) is 20.5. The lowest BCUT2D eigenvalue weighted by molar-refractivity contribution is -0.132. The molecule has 7 nitrogen and oxygen atoms in total. The molecule has 2 amide bonds. The molecule has 144 valence electrons. The van der Waals surface area contributed by atoms with Gasteiger partial charge in [-0.15, -0.1) is 0 Å². The first-order chi connectivity index (χ1) is 12.4. The van der Waals surface area contributed by atoms with E-state index in [1.54, 1.807) is 24.3 Å². The van der Waals surface area contributed by atoms with Crippen LogP contribution < -0.4 is 15.4 Å². The highest BCUT2D eigenvalue weighted by Crippen LogP contribution is 2.22. The maximum atomic E-state index is 12.5. The van der Waals surface area contributed by atoms with Gasteiger partial charge in [0.25, 0.3) is 5.91 Å². The molecular weight excluding hydrogens is 360 g/mol. The second kappa shape index (κ2) is 9.75. The van der Waals surface area contributed by atoms with E-state index < -0.39 is 24.3 Å². The van der Waals surface area contributed by atoms with Gasteiger partial charge in [0.2, 0.25) is 5.91 Å². The fourth-order valence-electron chi connectivity index (χ4n) is 2.65. The van der Waals surface area contributed by atoms with Crippen molar-refractivity contribution in [2.45, 2.75) is 45.1 Å². The van der Waals surface area contributed by atoms with Crippen molar-refractivity contribution >= 4 is 23.4 Å². The van der Waals surface area contributed by atoms with E-state index in [4.69, 9.17) is 21.1 Å². The van der Waals surface area contributed by atoms with Crippen LogP contribution >= 0.6 is 11.6 Å². The molecule has 26 heavy (non-hydrogen) atoms. The van der Waals surface area contributed by atoms with Crippen molar-refractivity contribution < 1.29 is 24.2 Å². The van der Waals surface area contributed by atoms with Crippen LogP contribution in [0.3, 0.4) is 0 Å². The number of carbonyl (C=O) groups is 2. The van der Waals surface area contributed by atoms with Crippen LogP contribution in [0.15, 0.2) is 24.3 Å². The van der Waals surface area contributed by atoms with Crippen LogP contribution in [0.25, 0.3) is 0 Å². The molecule has 3 N–H and O–H groups in total. The van der Waals surface area contributed by atoms with E-state index in [9.17, 15) is 14.7 Å². The summed E-state index contributed by atoms with van der Waals surface area (Å²) in [5.74, 6) is -0.172. The molecule has 1 aromatic rings. The molecule has 1 saturated heterocycles. The van der Waals surface area contributed by atoms with Gasteiger partial charge in [0, 0.05) is 0 Å². The Bertz CT molecular complexity index is 625. The van der Waals surface area contributed by atoms with Gasteiger partial charge in [-0.05, 0) is 30.9 Å². The Morgan fingerprint density at radius 1 is 1.38 bits per heavy atom. The Balaban J connectivity index is 1.90. The van der Waals surface area contributed by atoms with Crippen molar-refractivity contribution in [1.82, 2.24) is 10.6 Å². The number of aliphatic hydroxyl groups excluding tert-OH is 1. The van der Waals surface area contributed by atoms with E-state index in [0.717, 1.165) is 0 Å². The molecule has 1 heterocycles. The average molecular weight is 385 g/mol. The van der Waals surface area contributed by atoms with E-state index in [0.29, 0.717) is 30.2 Å². The average Bonchev–Trinajstić information content (AvgIpc) is 2.98. The molecule has 0 radical (unpaired) electrons. The molecule has 8 heteroatoms. The Morgan fingerprint density at radius 2 is 2.12 bits per heavy atom. The van der Waals surface area contributed by atoms with Crippen molar-refractivity contribution in [2.75, 3.05) is 13.2 Å². The third-order valence-electron chi connectivity index (χ3n) is 3.94. The Kier molecular flexibility index (Phi) is 7.68. The summed E-state index contributed by atoms with van der Waals surface area (Å²) < 4.78 is 10.4. The van der Waals surface area contributed by atoms with E-state index in [1.807, 2.05) is 13.8 Å². The smallest absolute Gasteiger partial charge is 0.258 e. The third-order valence-corrected chi connectivity index (χ3v) is 4.26. The Labute approximate surface area is 158 Å². The van der Waals surface area contributed by atoms with Crippen LogP contribution in [0.5, 0.6) is 5.75 Å². The monoisotopic (exact) mass is 384 g/mol. The summed E-state index contributed by atoms with van der Waals surface area (Å²) in [6.07, 6.45) is -0.0176. The van der Waals surface area contributed by atoms with Gasteiger partial charge >= 0.3 is 0 Å². The molecule has 1 fully saturated rings. The second-order valence-corrected chi connectivity index (χ2v) is 7.04. The zero-order chi connectivity index (χ0) is 19.1.